The van der Waals surface area contributed by atoms with Gasteiger partial charge < -0.3 is 10.5 Å². The summed E-state index contributed by atoms with van der Waals surface area (Å²) in [5.74, 6) is 0.678. The predicted molar refractivity (Wildman–Crippen MR) is 82.7 cm³/mol. The number of nitrogens with two attached hydrogens (primary N) is 1. The van der Waals surface area contributed by atoms with Crippen LogP contribution in [0.25, 0.3) is 0 Å². The van der Waals surface area contributed by atoms with Crippen LogP contribution in [0.4, 0.5) is 0 Å². The van der Waals surface area contributed by atoms with Crippen LogP contribution in [0.2, 0.25) is 0 Å². The average molecular weight is 312 g/mol. The molecule has 0 bridgehead atoms. The van der Waals surface area contributed by atoms with Crippen molar-refractivity contribution in [3.63, 3.8) is 0 Å². The predicted octanol–water partition coefficient (Wildman–Crippen LogP) is 1.83. The molecule has 1 fully saturated rings. The molecule has 0 aliphatic carbocycles. The van der Waals surface area contributed by atoms with E-state index in [9.17, 15) is 8.42 Å². The number of ether oxygens (including phenoxy) is 1. The van der Waals surface area contributed by atoms with Gasteiger partial charge in [-0.15, -0.1) is 0 Å². The summed E-state index contributed by atoms with van der Waals surface area (Å²) >= 11 is 0. The van der Waals surface area contributed by atoms with Crippen molar-refractivity contribution in [2.24, 2.45) is 11.1 Å². The zero-order chi connectivity index (χ0) is 15.7. The van der Waals surface area contributed by atoms with Gasteiger partial charge in [-0.3, -0.25) is 0 Å². The Morgan fingerprint density at radius 1 is 1.33 bits per heavy atom. The van der Waals surface area contributed by atoms with Gasteiger partial charge >= 0.3 is 0 Å². The van der Waals surface area contributed by atoms with Crippen molar-refractivity contribution in [3.05, 3.63) is 24.3 Å². The molecule has 1 aliphatic rings. The quantitative estimate of drug-likeness (QED) is 0.900. The second kappa shape index (κ2) is 5.94. The lowest BCUT2D eigenvalue weighted by Crippen LogP contribution is -2.34. The molecule has 1 aliphatic heterocycles. The summed E-state index contributed by atoms with van der Waals surface area (Å²) in [6, 6.07) is 6.60. The van der Waals surface area contributed by atoms with Crippen LogP contribution in [0.15, 0.2) is 29.2 Å². The Morgan fingerprint density at radius 3 is 2.43 bits per heavy atom. The Balaban J connectivity index is 2.17. The van der Waals surface area contributed by atoms with Gasteiger partial charge in [0.25, 0.3) is 0 Å². The molecule has 5 nitrogen and oxygen atoms in total. The largest absolute Gasteiger partial charge is 0.491 e. The Kier molecular flexibility index (Phi) is 4.60. The van der Waals surface area contributed by atoms with E-state index in [1.54, 1.807) is 24.3 Å². The molecule has 1 aromatic rings. The zero-order valence-corrected chi connectivity index (χ0v) is 13.7. The molecule has 0 radical (unpaired) electrons. The first-order chi connectivity index (χ1) is 9.77. The van der Waals surface area contributed by atoms with Crippen molar-refractivity contribution in [1.29, 1.82) is 0 Å². The Labute approximate surface area is 127 Å². The SMILES string of the molecule is CC(C)Oc1ccc(S(=O)(=O)N2CCC(C)(CN)C2)cc1. The molecule has 118 valence electrons. The van der Waals surface area contributed by atoms with Crippen molar-refractivity contribution in [2.75, 3.05) is 19.6 Å². The maximum Gasteiger partial charge on any atom is 0.243 e. The number of hydrogen-bond acceptors (Lipinski definition) is 4. The van der Waals surface area contributed by atoms with Gasteiger partial charge in [0.15, 0.2) is 0 Å². The van der Waals surface area contributed by atoms with Crippen LogP contribution in [-0.4, -0.2) is 38.5 Å². The van der Waals surface area contributed by atoms with Gasteiger partial charge in [-0.1, -0.05) is 6.92 Å². The highest BCUT2D eigenvalue weighted by atomic mass is 32.2. The first-order valence-corrected chi connectivity index (χ1v) is 8.68. The molecular weight excluding hydrogens is 288 g/mol. The lowest BCUT2D eigenvalue weighted by atomic mass is 9.90. The van der Waals surface area contributed by atoms with Gasteiger partial charge in [-0.2, -0.15) is 4.31 Å². The summed E-state index contributed by atoms with van der Waals surface area (Å²) in [4.78, 5) is 0.305. The number of rotatable bonds is 5. The minimum atomic E-state index is -3.44. The third-order valence-corrected chi connectivity index (χ3v) is 5.71. The normalized spacial score (nSPS) is 23.7. The van der Waals surface area contributed by atoms with E-state index in [0.29, 0.717) is 30.3 Å². The third-order valence-electron chi connectivity index (χ3n) is 3.85. The van der Waals surface area contributed by atoms with Crippen LogP contribution in [0.1, 0.15) is 27.2 Å². The minimum Gasteiger partial charge on any atom is -0.491 e. The maximum atomic E-state index is 12.6. The summed E-state index contributed by atoms with van der Waals surface area (Å²) in [7, 11) is -3.44. The molecule has 1 aromatic carbocycles. The fourth-order valence-corrected chi connectivity index (χ4v) is 4.05. The van der Waals surface area contributed by atoms with Crippen LogP contribution >= 0.6 is 0 Å². The van der Waals surface area contributed by atoms with Crippen LogP contribution < -0.4 is 10.5 Å². The topological polar surface area (TPSA) is 72.6 Å². The molecule has 0 aromatic heterocycles. The summed E-state index contributed by atoms with van der Waals surface area (Å²) < 4.78 is 32.3. The fraction of sp³-hybridized carbons (Fsp3) is 0.600. The van der Waals surface area contributed by atoms with Crippen molar-refractivity contribution in [3.8, 4) is 5.75 Å². The fourth-order valence-electron chi connectivity index (χ4n) is 2.46. The molecule has 0 amide bonds. The number of sulfonamides is 1. The van der Waals surface area contributed by atoms with Crippen molar-refractivity contribution in [2.45, 2.75) is 38.2 Å². The highest BCUT2D eigenvalue weighted by Gasteiger charge is 2.38. The van der Waals surface area contributed by atoms with Gasteiger partial charge in [0.2, 0.25) is 10.0 Å². The van der Waals surface area contributed by atoms with Crippen molar-refractivity contribution >= 4 is 10.0 Å². The minimum absolute atomic E-state index is 0.0660. The van der Waals surface area contributed by atoms with E-state index in [0.717, 1.165) is 6.42 Å². The summed E-state index contributed by atoms with van der Waals surface area (Å²) in [6.07, 6.45) is 0.869. The van der Waals surface area contributed by atoms with E-state index in [4.69, 9.17) is 10.5 Å². The Hall–Kier alpha value is -1.11. The monoisotopic (exact) mass is 312 g/mol. The van der Waals surface area contributed by atoms with Gasteiger partial charge in [0, 0.05) is 13.1 Å². The summed E-state index contributed by atoms with van der Waals surface area (Å²) in [5, 5.41) is 0. The van der Waals surface area contributed by atoms with Gasteiger partial charge in [-0.25, -0.2) is 8.42 Å². The van der Waals surface area contributed by atoms with Crippen LogP contribution in [-0.2, 0) is 10.0 Å². The average Bonchev–Trinajstić information content (AvgIpc) is 2.83. The highest BCUT2D eigenvalue weighted by Crippen LogP contribution is 2.32. The van der Waals surface area contributed by atoms with E-state index in [1.807, 2.05) is 20.8 Å². The molecule has 1 unspecified atom stereocenters. The van der Waals surface area contributed by atoms with E-state index in [1.165, 1.54) is 4.31 Å². The van der Waals surface area contributed by atoms with Crippen LogP contribution in [0.5, 0.6) is 5.75 Å². The third kappa shape index (κ3) is 3.56. The van der Waals surface area contributed by atoms with E-state index >= 15 is 0 Å². The molecule has 2 rings (SSSR count). The van der Waals surface area contributed by atoms with E-state index in [-0.39, 0.29) is 11.5 Å². The Morgan fingerprint density at radius 2 is 1.95 bits per heavy atom. The lowest BCUT2D eigenvalue weighted by molar-refractivity contribution is 0.242. The molecule has 6 heteroatoms. The van der Waals surface area contributed by atoms with E-state index < -0.39 is 10.0 Å². The molecular formula is C15H24N2O3S. The highest BCUT2D eigenvalue weighted by molar-refractivity contribution is 7.89. The summed E-state index contributed by atoms with van der Waals surface area (Å²) in [5.41, 5.74) is 5.62. The number of hydrogen-bond donors (Lipinski definition) is 1. The zero-order valence-electron chi connectivity index (χ0n) is 12.9. The maximum absolute atomic E-state index is 12.6. The number of benzene rings is 1. The van der Waals surface area contributed by atoms with Gasteiger partial charge in [0.05, 0.1) is 11.0 Å². The van der Waals surface area contributed by atoms with Crippen molar-refractivity contribution in [1.82, 2.24) is 4.31 Å². The molecule has 1 heterocycles. The van der Waals surface area contributed by atoms with Crippen molar-refractivity contribution < 1.29 is 13.2 Å². The molecule has 1 saturated heterocycles. The second-order valence-electron chi connectivity index (χ2n) is 6.24. The molecule has 0 saturated carbocycles. The van der Waals surface area contributed by atoms with Crippen LogP contribution in [0, 0.1) is 5.41 Å². The van der Waals surface area contributed by atoms with Crippen LogP contribution in [0.3, 0.4) is 0 Å². The molecule has 0 spiro atoms. The lowest BCUT2D eigenvalue weighted by Gasteiger charge is -2.22. The second-order valence-corrected chi connectivity index (χ2v) is 8.18. The first kappa shape index (κ1) is 16.3. The molecule has 21 heavy (non-hydrogen) atoms. The van der Waals surface area contributed by atoms with E-state index in [2.05, 4.69) is 0 Å². The first-order valence-electron chi connectivity index (χ1n) is 7.24. The Bertz CT molecular complexity index is 583. The number of nitrogens with zero attached hydrogens (tertiary/aromatic N) is 1. The smallest absolute Gasteiger partial charge is 0.243 e. The van der Waals surface area contributed by atoms with Gasteiger partial charge in [-0.05, 0) is 56.5 Å². The summed E-state index contributed by atoms with van der Waals surface area (Å²) in [6.45, 7) is 7.41. The standard InChI is InChI=1S/C15H24N2O3S/c1-12(2)20-13-4-6-14(7-5-13)21(18,19)17-9-8-15(3,10-16)11-17/h4-7,12H,8-11,16H2,1-3H3. The van der Waals surface area contributed by atoms with Gasteiger partial charge in [0.1, 0.15) is 5.75 Å². The molecule has 1 atom stereocenters. The molecule has 2 N–H and O–H groups in total.